The van der Waals surface area contributed by atoms with Crippen molar-refractivity contribution < 1.29 is 40.1 Å². The van der Waals surface area contributed by atoms with Gasteiger partial charge in [-0.2, -0.15) is 0 Å². The Balaban J connectivity index is 1.84. The van der Waals surface area contributed by atoms with Gasteiger partial charge in [0.05, 0.1) is 25.4 Å². The molecule has 0 aromatic heterocycles. The van der Waals surface area contributed by atoms with Crippen molar-refractivity contribution in [3.8, 4) is 0 Å². The molecule has 6 N–H and O–H groups in total. The molecular formula is C12H22O8. The Kier molecular flexibility index (Phi) is 5.32. The van der Waals surface area contributed by atoms with Crippen LogP contribution in [-0.2, 0) is 9.47 Å². The van der Waals surface area contributed by atoms with Gasteiger partial charge in [0, 0.05) is 0 Å². The molecule has 0 spiro atoms. The number of rotatable bonds is 5. The van der Waals surface area contributed by atoms with Gasteiger partial charge in [-0.15, -0.1) is 0 Å². The fourth-order valence-corrected chi connectivity index (χ4v) is 2.76. The molecule has 0 aliphatic carbocycles. The number of hydrogen-bond acceptors (Lipinski definition) is 8. The fraction of sp³-hybridized carbons (Fsp3) is 1.00. The third kappa shape index (κ3) is 2.97. The summed E-state index contributed by atoms with van der Waals surface area (Å²) in [4.78, 5) is 0. The van der Waals surface area contributed by atoms with Crippen molar-refractivity contribution >= 4 is 0 Å². The van der Waals surface area contributed by atoms with Gasteiger partial charge in [0.2, 0.25) is 0 Å². The van der Waals surface area contributed by atoms with Gasteiger partial charge in [0.1, 0.15) is 36.6 Å². The van der Waals surface area contributed by atoms with Gasteiger partial charge < -0.3 is 40.1 Å². The largest absolute Gasteiger partial charge is 0.394 e. The van der Waals surface area contributed by atoms with Crippen LogP contribution in [0.15, 0.2) is 0 Å². The number of aliphatic hydroxyl groups excluding tert-OH is 6. The maximum atomic E-state index is 9.77. The van der Waals surface area contributed by atoms with Crippen LogP contribution in [0.3, 0.4) is 0 Å². The van der Waals surface area contributed by atoms with Crippen molar-refractivity contribution in [3.05, 3.63) is 0 Å². The summed E-state index contributed by atoms with van der Waals surface area (Å²) in [7, 11) is 0. The second-order valence-corrected chi connectivity index (χ2v) is 5.33. The lowest BCUT2D eigenvalue weighted by Gasteiger charge is -2.19. The van der Waals surface area contributed by atoms with Gasteiger partial charge in [-0.25, -0.2) is 0 Å². The van der Waals surface area contributed by atoms with Crippen molar-refractivity contribution in [1.29, 1.82) is 0 Å². The molecule has 0 aromatic rings. The Bertz CT molecular complexity index is 284. The van der Waals surface area contributed by atoms with Crippen LogP contribution >= 0.6 is 0 Å². The second-order valence-electron chi connectivity index (χ2n) is 5.33. The summed E-state index contributed by atoms with van der Waals surface area (Å²) in [6.45, 7) is -0.773. The van der Waals surface area contributed by atoms with Gasteiger partial charge in [-0.1, -0.05) is 0 Å². The average Bonchev–Trinajstić information content (AvgIpc) is 2.88. The zero-order chi connectivity index (χ0) is 14.9. The molecule has 2 aliphatic heterocycles. The van der Waals surface area contributed by atoms with Crippen molar-refractivity contribution in [2.24, 2.45) is 0 Å². The maximum Gasteiger partial charge on any atom is 0.111 e. The third-order valence-electron chi connectivity index (χ3n) is 4.02. The molecule has 2 fully saturated rings. The van der Waals surface area contributed by atoms with E-state index in [0.717, 1.165) is 0 Å². The maximum absolute atomic E-state index is 9.77. The molecule has 2 aliphatic rings. The van der Waals surface area contributed by atoms with E-state index in [-0.39, 0.29) is 13.2 Å². The van der Waals surface area contributed by atoms with E-state index in [4.69, 9.17) is 19.7 Å². The smallest absolute Gasteiger partial charge is 0.111 e. The molecule has 2 saturated heterocycles. The van der Waals surface area contributed by atoms with Gasteiger partial charge in [0.25, 0.3) is 0 Å². The molecule has 0 radical (unpaired) electrons. The Labute approximate surface area is 116 Å². The van der Waals surface area contributed by atoms with E-state index in [1.54, 1.807) is 0 Å². The highest BCUT2D eigenvalue weighted by Gasteiger charge is 2.45. The zero-order valence-electron chi connectivity index (χ0n) is 10.9. The minimum absolute atomic E-state index is 0.293. The lowest BCUT2D eigenvalue weighted by atomic mass is 9.99. The first-order chi connectivity index (χ1) is 9.49. The second kappa shape index (κ2) is 6.63. The molecule has 2 heterocycles. The Morgan fingerprint density at radius 1 is 0.550 bits per heavy atom. The molecule has 8 atom stereocenters. The predicted octanol–water partition coefficient (Wildman–Crippen LogP) is -3.27. The molecule has 8 heteroatoms. The SMILES string of the molecule is OC[C@H]1O[C@@H](CC[C@@H]2O[C@H](CO)[C@@H](O)[C@@H]2O)[C@@H](O)[C@@H]1O. The minimum atomic E-state index is -1.14. The molecule has 0 aromatic carbocycles. The summed E-state index contributed by atoms with van der Waals surface area (Å²) in [5.74, 6) is 0. The number of hydrogen-bond donors (Lipinski definition) is 6. The Morgan fingerprint density at radius 2 is 0.850 bits per heavy atom. The van der Waals surface area contributed by atoms with Crippen LogP contribution < -0.4 is 0 Å². The topological polar surface area (TPSA) is 140 Å². The first-order valence-electron chi connectivity index (χ1n) is 6.74. The summed E-state index contributed by atoms with van der Waals surface area (Å²) >= 11 is 0. The monoisotopic (exact) mass is 294 g/mol. The summed E-state index contributed by atoms with van der Waals surface area (Å²) in [5, 5.41) is 56.7. The van der Waals surface area contributed by atoms with Crippen molar-refractivity contribution in [2.45, 2.75) is 61.7 Å². The van der Waals surface area contributed by atoms with Crippen LogP contribution in [0.1, 0.15) is 12.8 Å². The molecule has 0 unspecified atom stereocenters. The average molecular weight is 294 g/mol. The molecule has 2 rings (SSSR count). The van der Waals surface area contributed by atoms with Crippen LogP contribution in [0.5, 0.6) is 0 Å². The molecule has 8 nitrogen and oxygen atoms in total. The van der Waals surface area contributed by atoms with E-state index >= 15 is 0 Å². The summed E-state index contributed by atoms with van der Waals surface area (Å²) in [6, 6.07) is 0. The van der Waals surface area contributed by atoms with Gasteiger partial charge in [0.15, 0.2) is 0 Å². The van der Waals surface area contributed by atoms with Crippen LogP contribution in [-0.4, -0.2) is 92.7 Å². The lowest BCUT2D eigenvalue weighted by molar-refractivity contribution is -0.0448. The summed E-state index contributed by atoms with van der Waals surface area (Å²) in [5.41, 5.74) is 0. The standard InChI is InChI=1S/C12H22O8/c13-3-7-11(17)9(15)5(19-7)1-2-6-10(16)12(18)8(4-14)20-6/h5-18H,1-4H2/t5-,6-,7+,8+,9+,10+,11+,12+/m0/s1. The molecule has 20 heavy (non-hydrogen) atoms. The molecule has 118 valence electrons. The number of aliphatic hydroxyl groups is 6. The highest BCUT2D eigenvalue weighted by molar-refractivity contribution is 4.94. The summed E-state index contributed by atoms with van der Waals surface area (Å²) in [6.07, 6.45) is -6.88. The highest BCUT2D eigenvalue weighted by atomic mass is 16.6. The van der Waals surface area contributed by atoms with E-state index < -0.39 is 48.8 Å². The van der Waals surface area contributed by atoms with Crippen LogP contribution in [0.25, 0.3) is 0 Å². The lowest BCUT2D eigenvalue weighted by Crippen LogP contribution is -2.35. The van der Waals surface area contributed by atoms with Crippen molar-refractivity contribution in [2.75, 3.05) is 13.2 Å². The van der Waals surface area contributed by atoms with Gasteiger partial charge in [-0.05, 0) is 12.8 Å². The van der Waals surface area contributed by atoms with Gasteiger partial charge in [-0.3, -0.25) is 0 Å². The predicted molar refractivity (Wildman–Crippen MR) is 64.8 cm³/mol. The normalized spacial score (nSPS) is 48.9. The third-order valence-corrected chi connectivity index (χ3v) is 4.02. The molecule has 0 saturated carbocycles. The molecule has 0 bridgehead atoms. The quantitative estimate of drug-likeness (QED) is 0.310. The van der Waals surface area contributed by atoms with Crippen molar-refractivity contribution in [3.63, 3.8) is 0 Å². The van der Waals surface area contributed by atoms with E-state index in [1.165, 1.54) is 0 Å². The van der Waals surface area contributed by atoms with E-state index in [0.29, 0.717) is 12.8 Å². The highest BCUT2D eigenvalue weighted by Crippen LogP contribution is 2.29. The summed E-state index contributed by atoms with van der Waals surface area (Å²) < 4.78 is 10.6. The van der Waals surface area contributed by atoms with Crippen LogP contribution in [0.4, 0.5) is 0 Å². The van der Waals surface area contributed by atoms with E-state index in [9.17, 15) is 20.4 Å². The Morgan fingerprint density at radius 3 is 1.10 bits per heavy atom. The van der Waals surface area contributed by atoms with E-state index in [2.05, 4.69) is 0 Å². The molecular weight excluding hydrogens is 272 g/mol. The Hall–Kier alpha value is -0.320. The molecule has 0 amide bonds. The van der Waals surface area contributed by atoms with Crippen LogP contribution in [0.2, 0.25) is 0 Å². The first kappa shape index (κ1) is 16.1. The first-order valence-corrected chi connectivity index (χ1v) is 6.74. The van der Waals surface area contributed by atoms with E-state index in [1.807, 2.05) is 0 Å². The zero-order valence-corrected chi connectivity index (χ0v) is 10.9. The minimum Gasteiger partial charge on any atom is -0.394 e. The van der Waals surface area contributed by atoms with Gasteiger partial charge >= 0.3 is 0 Å². The van der Waals surface area contributed by atoms with Crippen molar-refractivity contribution in [1.82, 2.24) is 0 Å². The number of ether oxygens (including phenoxy) is 2. The van der Waals surface area contributed by atoms with Crippen LogP contribution in [0, 0.1) is 0 Å². The fourth-order valence-electron chi connectivity index (χ4n) is 2.76.